The van der Waals surface area contributed by atoms with Crippen molar-refractivity contribution in [1.29, 1.82) is 0 Å². The van der Waals surface area contributed by atoms with Gasteiger partial charge in [0.05, 0.1) is 13.3 Å². The van der Waals surface area contributed by atoms with E-state index >= 15 is 0 Å². The third-order valence-electron chi connectivity index (χ3n) is 7.03. The molecule has 5 rings (SSSR count). The molecule has 0 fully saturated rings. The van der Waals surface area contributed by atoms with E-state index in [1.54, 1.807) is 0 Å². The molecule has 2 aliphatic rings. The molecule has 0 radical (unpaired) electrons. The van der Waals surface area contributed by atoms with Crippen LogP contribution >= 0.6 is 0 Å². The van der Waals surface area contributed by atoms with Gasteiger partial charge in [-0.15, -0.1) is 0 Å². The van der Waals surface area contributed by atoms with Crippen molar-refractivity contribution < 1.29 is 0 Å². The van der Waals surface area contributed by atoms with E-state index in [1.165, 1.54) is 50.3 Å². The first-order chi connectivity index (χ1) is 16.9. The molecule has 0 amide bonds. The largest absolute Gasteiger partial charge is 0.354 e. The van der Waals surface area contributed by atoms with Crippen molar-refractivity contribution in [3.05, 3.63) is 118 Å². The highest BCUT2D eigenvalue weighted by Gasteiger charge is 2.20. The standard InChI is InChI=1S/C31H36N4/c1-23-10-11-30(25(3)16-23)34-14-12-32(21-34)19-28-8-6-7-9-29(28)20-33-13-15-35(22-33)31-26(4)17-24(2)18-27(31)5/h6-18H,19-22H2,1-5H3. The Labute approximate surface area is 210 Å². The highest BCUT2D eigenvalue weighted by molar-refractivity contribution is 5.62. The van der Waals surface area contributed by atoms with E-state index in [9.17, 15) is 0 Å². The fourth-order valence-electron chi connectivity index (χ4n) is 5.49. The monoisotopic (exact) mass is 464 g/mol. The smallest absolute Gasteiger partial charge is 0.0945 e. The van der Waals surface area contributed by atoms with E-state index in [0.29, 0.717) is 0 Å². The molecule has 0 aliphatic carbocycles. The fourth-order valence-corrected chi connectivity index (χ4v) is 5.49. The number of hydrogen-bond acceptors (Lipinski definition) is 4. The van der Waals surface area contributed by atoms with Crippen molar-refractivity contribution in [2.75, 3.05) is 23.1 Å². The van der Waals surface area contributed by atoms with E-state index in [1.807, 2.05) is 0 Å². The minimum atomic E-state index is 0.877. The van der Waals surface area contributed by atoms with Crippen LogP contribution in [0.15, 0.2) is 79.4 Å². The highest BCUT2D eigenvalue weighted by Crippen LogP contribution is 2.30. The van der Waals surface area contributed by atoms with Crippen LogP contribution in [0.2, 0.25) is 0 Å². The van der Waals surface area contributed by atoms with Crippen molar-refractivity contribution in [2.24, 2.45) is 0 Å². The fraction of sp³-hybridized carbons (Fsp3) is 0.290. The minimum Gasteiger partial charge on any atom is -0.354 e. The third-order valence-corrected chi connectivity index (χ3v) is 7.03. The van der Waals surface area contributed by atoms with E-state index in [4.69, 9.17) is 0 Å². The van der Waals surface area contributed by atoms with Crippen molar-refractivity contribution in [3.8, 4) is 0 Å². The predicted octanol–water partition coefficient (Wildman–Crippen LogP) is 6.73. The number of hydrogen-bond donors (Lipinski definition) is 0. The van der Waals surface area contributed by atoms with Crippen LogP contribution < -0.4 is 9.80 Å². The quantitative estimate of drug-likeness (QED) is 0.401. The number of anilines is 2. The van der Waals surface area contributed by atoms with Crippen LogP contribution in [0, 0.1) is 34.6 Å². The molecule has 0 unspecified atom stereocenters. The molecule has 0 aromatic heterocycles. The molecule has 0 spiro atoms. The lowest BCUT2D eigenvalue weighted by atomic mass is 10.0. The van der Waals surface area contributed by atoms with Gasteiger partial charge in [0, 0.05) is 49.3 Å². The summed E-state index contributed by atoms with van der Waals surface area (Å²) in [7, 11) is 0. The molecule has 3 aromatic rings. The van der Waals surface area contributed by atoms with Gasteiger partial charge in [-0.1, -0.05) is 59.7 Å². The molecule has 0 saturated heterocycles. The third kappa shape index (κ3) is 4.93. The average Bonchev–Trinajstić information content (AvgIpc) is 3.44. The molecule has 0 bridgehead atoms. The van der Waals surface area contributed by atoms with Crippen LogP contribution in [0.5, 0.6) is 0 Å². The van der Waals surface area contributed by atoms with E-state index in [2.05, 4.69) is 134 Å². The summed E-state index contributed by atoms with van der Waals surface area (Å²) in [4.78, 5) is 9.51. The van der Waals surface area contributed by atoms with Crippen LogP contribution in [-0.2, 0) is 13.1 Å². The topological polar surface area (TPSA) is 13.0 Å². The van der Waals surface area contributed by atoms with Crippen LogP contribution in [0.3, 0.4) is 0 Å². The number of benzene rings is 3. The van der Waals surface area contributed by atoms with Gasteiger partial charge in [-0.25, -0.2) is 0 Å². The minimum absolute atomic E-state index is 0.877. The molecular weight excluding hydrogens is 428 g/mol. The number of rotatable bonds is 6. The molecule has 3 aromatic carbocycles. The Bertz CT molecular complexity index is 1270. The Kier molecular flexibility index (Phi) is 6.29. The SMILES string of the molecule is Cc1ccc(N2C=CN(Cc3ccccc3CN3C=CN(c4c(C)cc(C)cc4C)C3)C2)c(C)c1. The lowest BCUT2D eigenvalue weighted by Crippen LogP contribution is -2.27. The van der Waals surface area contributed by atoms with Crippen molar-refractivity contribution in [1.82, 2.24) is 9.80 Å². The number of nitrogens with zero attached hydrogens (tertiary/aromatic N) is 4. The first-order valence-corrected chi connectivity index (χ1v) is 12.5. The summed E-state index contributed by atoms with van der Waals surface area (Å²) in [6, 6.07) is 20.1. The second-order valence-electron chi connectivity index (χ2n) is 10.1. The van der Waals surface area contributed by atoms with Crippen LogP contribution in [-0.4, -0.2) is 23.1 Å². The highest BCUT2D eigenvalue weighted by atomic mass is 15.3. The summed E-state index contributed by atoms with van der Waals surface area (Å²) in [5.41, 5.74) is 12.0. The van der Waals surface area contributed by atoms with E-state index in [0.717, 1.165) is 26.4 Å². The van der Waals surface area contributed by atoms with Gasteiger partial charge in [0.2, 0.25) is 0 Å². The average molecular weight is 465 g/mol. The van der Waals surface area contributed by atoms with Crippen molar-refractivity contribution >= 4 is 11.4 Å². The maximum absolute atomic E-state index is 2.40. The van der Waals surface area contributed by atoms with Gasteiger partial charge >= 0.3 is 0 Å². The number of aryl methyl sites for hydroxylation is 5. The molecule has 35 heavy (non-hydrogen) atoms. The maximum atomic E-state index is 2.40. The Morgan fingerprint density at radius 1 is 0.571 bits per heavy atom. The summed E-state index contributed by atoms with van der Waals surface area (Å²) >= 11 is 0. The Balaban J connectivity index is 1.25. The summed E-state index contributed by atoms with van der Waals surface area (Å²) in [6.45, 7) is 14.5. The zero-order chi connectivity index (χ0) is 24.5. The molecule has 0 atom stereocenters. The molecule has 180 valence electrons. The van der Waals surface area contributed by atoms with Gasteiger partial charge in [-0.3, -0.25) is 0 Å². The van der Waals surface area contributed by atoms with Gasteiger partial charge in [0.1, 0.15) is 0 Å². The predicted molar refractivity (Wildman–Crippen MR) is 147 cm³/mol. The molecule has 2 aliphatic heterocycles. The molecule has 4 nitrogen and oxygen atoms in total. The molecule has 0 saturated carbocycles. The van der Waals surface area contributed by atoms with Gasteiger partial charge in [-0.2, -0.15) is 0 Å². The first kappa shape index (κ1) is 23.1. The zero-order valence-electron chi connectivity index (χ0n) is 21.6. The van der Waals surface area contributed by atoms with Crippen LogP contribution in [0.1, 0.15) is 38.9 Å². The van der Waals surface area contributed by atoms with Crippen LogP contribution in [0.25, 0.3) is 0 Å². The van der Waals surface area contributed by atoms with Gasteiger partial charge in [0.15, 0.2) is 0 Å². The van der Waals surface area contributed by atoms with Crippen molar-refractivity contribution in [2.45, 2.75) is 47.7 Å². The van der Waals surface area contributed by atoms with E-state index < -0.39 is 0 Å². The normalized spacial score (nSPS) is 15.1. The van der Waals surface area contributed by atoms with E-state index in [-0.39, 0.29) is 0 Å². The Hall–Kier alpha value is -3.66. The lowest BCUT2D eigenvalue weighted by Gasteiger charge is -2.26. The van der Waals surface area contributed by atoms with Gasteiger partial charge in [-0.05, 0) is 68.5 Å². The van der Waals surface area contributed by atoms with Crippen molar-refractivity contribution in [3.63, 3.8) is 0 Å². The molecule has 4 heteroatoms. The first-order valence-electron chi connectivity index (χ1n) is 12.5. The Morgan fingerprint density at radius 2 is 1.11 bits per heavy atom. The maximum Gasteiger partial charge on any atom is 0.0945 e. The van der Waals surface area contributed by atoms with Gasteiger partial charge in [0.25, 0.3) is 0 Å². The zero-order valence-corrected chi connectivity index (χ0v) is 21.6. The van der Waals surface area contributed by atoms with Crippen LogP contribution in [0.4, 0.5) is 11.4 Å². The second kappa shape index (κ2) is 9.53. The second-order valence-corrected chi connectivity index (χ2v) is 10.1. The summed E-state index contributed by atoms with van der Waals surface area (Å²) < 4.78 is 0. The molecule has 2 heterocycles. The molecule has 0 N–H and O–H groups in total. The lowest BCUT2D eigenvalue weighted by molar-refractivity contribution is 0.380. The summed E-state index contributed by atoms with van der Waals surface area (Å²) in [5, 5.41) is 0. The summed E-state index contributed by atoms with van der Waals surface area (Å²) in [6.07, 6.45) is 8.87. The van der Waals surface area contributed by atoms with Gasteiger partial charge < -0.3 is 19.6 Å². The summed E-state index contributed by atoms with van der Waals surface area (Å²) in [5.74, 6) is 0. The Morgan fingerprint density at radius 3 is 1.71 bits per heavy atom. The molecular formula is C31H36N4.